The number of nitrogens with one attached hydrogen (secondary N) is 1. The highest BCUT2D eigenvalue weighted by atomic mass is 15.4. The maximum atomic E-state index is 4.59. The summed E-state index contributed by atoms with van der Waals surface area (Å²) in [5.74, 6) is 1.18. The van der Waals surface area contributed by atoms with Gasteiger partial charge in [0.25, 0.3) is 0 Å². The van der Waals surface area contributed by atoms with Crippen molar-refractivity contribution in [1.29, 1.82) is 0 Å². The van der Waals surface area contributed by atoms with Crippen LogP contribution in [0.2, 0.25) is 0 Å². The van der Waals surface area contributed by atoms with Gasteiger partial charge >= 0.3 is 0 Å². The van der Waals surface area contributed by atoms with Crippen molar-refractivity contribution in [2.75, 3.05) is 11.9 Å². The van der Waals surface area contributed by atoms with E-state index in [1.54, 1.807) is 0 Å². The Morgan fingerprint density at radius 2 is 2.00 bits per heavy atom. The zero-order valence-electron chi connectivity index (χ0n) is 10.8. The number of hydrogen-bond acceptors (Lipinski definition) is 3. The van der Waals surface area contributed by atoms with Crippen molar-refractivity contribution in [3.8, 4) is 0 Å². The quantitative estimate of drug-likeness (QED) is 0.842. The van der Waals surface area contributed by atoms with Crippen molar-refractivity contribution in [3.05, 3.63) is 12.3 Å². The average molecular weight is 234 g/mol. The van der Waals surface area contributed by atoms with Crippen LogP contribution in [-0.2, 0) is 7.05 Å². The van der Waals surface area contributed by atoms with E-state index in [9.17, 15) is 0 Å². The Hall–Kier alpha value is -1.03. The topological polar surface area (TPSA) is 33.1 Å². The minimum absolute atomic E-state index is 0.690. The summed E-state index contributed by atoms with van der Waals surface area (Å²) < 4.78 is 1.91. The molecule has 0 spiro atoms. The number of anilines is 1. The second kappa shape index (κ2) is 4.33. The molecular weight excluding hydrogens is 212 g/mol. The van der Waals surface area contributed by atoms with E-state index < -0.39 is 0 Å². The summed E-state index contributed by atoms with van der Waals surface area (Å²) in [6.45, 7) is 0. The normalized spacial score (nSPS) is 32.8. The maximum Gasteiger partial charge on any atom is 0.151 e. The molecule has 0 aromatic carbocycles. The van der Waals surface area contributed by atoms with E-state index in [1.807, 2.05) is 11.7 Å². The lowest BCUT2D eigenvalue weighted by molar-refractivity contribution is 0.250. The first-order chi connectivity index (χ1) is 8.28. The van der Waals surface area contributed by atoms with Crippen LogP contribution in [0.15, 0.2) is 12.3 Å². The molecule has 17 heavy (non-hydrogen) atoms. The van der Waals surface area contributed by atoms with Crippen LogP contribution in [0.5, 0.6) is 0 Å². The molecule has 4 heteroatoms. The van der Waals surface area contributed by atoms with E-state index >= 15 is 0 Å². The van der Waals surface area contributed by atoms with Gasteiger partial charge in [-0.05, 0) is 39.2 Å². The average Bonchev–Trinajstić information content (AvgIpc) is 2.74. The first-order valence-corrected chi connectivity index (χ1v) is 6.73. The molecule has 3 heterocycles. The van der Waals surface area contributed by atoms with Gasteiger partial charge in [-0.25, -0.2) is 0 Å². The maximum absolute atomic E-state index is 4.59. The summed E-state index contributed by atoms with van der Waals surface area (Å²) in [6.07, 6.45) is 8.62. The number of hydrogen-bond donors (Lipinski definition) is 1. The minimum Gasteiger partial charge on any atom is -0.349 e. The number of piperidine rings is 2. The lowest BCUT2D eigenvalue weighted by atomic mass is 9.82. The highest BCUT2D eigenvalue weighted by Crippen LogP contribution is 2.36. The predicted molar refractivity (Wildman–Crippen MR) is 69.2 cm³/mol. The Kier molecular flexibility index (Phi) is 2.82. The molecule has 0 aliphatic carbocycles. The smallest absolute Gasteiger partial charge is 0.151 e. The van der Waals surface area contributed by atoms with Gasteiger partial charge in [-0.1, -0.05) is 0 Å². The van der Waals surface area contributed by atoms with Crippen LogP contribution in [0.3, 0.4) is 0 Å². The lowest BCUT2D eigenvalue weighted by Crippen LogP contribution is -2.56. The molecule has 0 amide bonds. The monoisotopic (exact) mass is 234 g/mol. The Balaban J connectivity index is 1.85. The fourth-order valence-electron chi connectivity index (χ4n) is 3.53. The Morgan fingerprint density at radius 1 is 1.29 bits per heavy atom. The Bertz CT molecular complexity index is 373. The largest absolute Gasteiger partial charge is 0.349 e. The van der Waals surface area contributed by atoms with Gasteiger partial charge in [0.15, 0.2) is 5.82 Å². The molecule has 2 aliphatic heterocycles. The second-order valence-corrected chi connectivity index (χ2v) is 5.45. The fraction of sp³-hybridized carbons (Fsp3) is 0.769. The second-order valence-electron chi connectivity index (χ2n) is 5.45. The van der Waals surface area contributed by atoms with Crippen LogP contribution in [0.1, 0.15) is 32.1 Å². The fourth-order valence-corrected chi connectivity index (χ4v) is 3.53. The molecule has 2 aliphatic rings. The third-order valence-electron chi connectivity index (χ3n) is 4.35. The van der Waals surface area contributed by atoms with Gasteiger partial charge in [0, 0.05) is 37.4 Å². The summed E-state index contributed by atoms with van der Waals surface area (Å²) in [5.41, 5.74) is 0. The Morgan fingerprint density at radius 3 is 2.53 bits per heavy atom. The van der Waals surface area contributed by atoms with Crippen molar-refractivity contribution < 1.29 is 0 Å². The summed E-state index contributed by atoms with van der Waals surface area (Å²) in [6, 6.07) is 4.24. The molecule has 1 aromatic heterocycles. The molecule has 4 nitrogen and oxygen atoms in total. The molecule has 1 N–H and O–H groups in total. The summed E-state index contributed by atoms with van der Waals surface area (Å²) in [4.78, 5) is 2.58. The molecule has 94 valence electrons. The van der Waals surface area contributed by atoms with E-state index in [4.69, 9.17) is 0 Å². The number of aryl methyl sites for hydroxylation is 1. The van der Waals surface area contributed by atoms with Gasteiger partial charge in [0.05, 0.1) is 0 Å². The molecule has 3 rings (SSSR count). The molecule has 1 aromatic rings. The van der Waals surface area contributed by atoms with Crippen LogP contribution in [-0.4, -0.2) is 35.0 Å². The number of fused-ring (bicyclic) bond motifs is 2. The van der Waals surface area contributed by atoms with Crippen LogP contribution < -0.4 is 10.2 Å². The molecule has 2 saturated heterocycles. The van der Waals surface area contributed by atoms with E-state index in [-0.39, 0.29) is 0 Å². The van der Waals surface area contributed by atoms with Crippen molar-refractivity contribution in [1.82, 2.24) is 15.1 Å². The van der Waals surface area contributed by atoms with E-state index in [0.29, 0.717) is 18.1 Å². The first-order valence-electron chi connectivity index (χ1n) is 6.73. The van der Waals surface area contributed by atoms with Crippen LogP contribution in [0.4, 0.5) is 5.82 Å². The van der Waals surface area contributed by atoms with Gasteiger partial charge in [0.2, 0.25) is 0 Å². The molecular formula is C13H22N4. The third kappa shape index (κ3) is 1.95. The van der Waals surface area contributed by atoms with E-state index in [2.05, 4.69) is 34.6 Å². The van der Waals surface area contributed by atoms with Gasteiger partial charge in [-0.2, -0.15) is 5.10 Å². The van der Waals surface area contributed by atoms with Crippen molar-refractivity contribution in [2.24, 2.45) is 7.05 Å². The summed E-state index contributed by atoms with van der Waals surface area (Å²) in [5, 5.41) is 8.05. The SMILES string of the molecule is CNC1CC2CCCC(C1)N2c1ccn(C)n1. The van der Waals surface area contributed by atoms with Crippen molar-refractivity contribution >= 4 is 5.82 Å². The number of nitrogens with zero attached hydrogens (tertiary/aromatic N) is 3. The number of rotatable bonds is 2. The lowest BCUT2D eigenvalue weighted by Gasteiger charge is -2.49. The van der Waals surface area contributed by atoms with Crippen molar-refractivity contribution in [3.63, 3.8) is 0 Å². The highest BCUT2D eigenvalue weighted by Gasteiger charge is 2.38. The zero-order chi connectivity index (χ0) is 11.8. The summed E-state index contributed by atoms with van der Waals surface area (Å²) >= 11 is 0. The van der Waals surface area contributed by atoms with E-state index in [0.717, 1.165) is 0 Å². The molecule has 0 radical (unpaired) electrons. The zero-order valence-corrected chi connectivity index (χ0v) is 10.8. The predicted octanol–water partition coefficient (Wildman–Crippen LogP) is 1.53. The molecule has 2 unspecified atom stereocenters. The van der Waals surface area contributed by atoms with Gasteiger partial charge in [-0.15, -0.1) is 0 Å². The standard InChI is InChI=1S/C13H22N4/c1-14-10-8-11-4-3-5-12(9-10)17(11)13-6-7-16(2)15-13/h6-7,10-12,14H,3-5,8-9H2,1-2H3. The van der Waals surface area contributed by atoms with Gasteiger partial charge < -0.3 is 10.2 Å². The van der Waals surface area contributed by atoms with Gasteiger partial charge in [0.1, 0.15) is 0 Å². The Labute approximate surface area is 103 Å². The van der Waals surface area contributed by atoms with Crippen molar-refractivity contribution in [2.45, 2.75) is 50.2 Å². The summed E-state index contributed by atoms with van der Waals surface area (Å²) in [7, 11) is 4.09. The minimum atomic E-state index is 0.690. The molecule has 2 fully saturated rings. The molecule has 0 saturated carbocycles. The van der Waals surface area contributed by atoms with Crippen LogP contribution >= 0.6 is 0 Å². The first kappa shape index (κ1) is 11.1. The molecule has 2 bridgehead atoms. The highest BCUT2D eigenvalue weighted by molar-refractivity contribution is 5.42. The third-order valence-corrected chi connectivity index (χ3v) is 4.35. The number of aromatic nitrogens is 2. The van der Waals surface area contributed by atoms with Gasteiger partial charge in [-0.3, -0.25) is 4.68 Å². The molecule has 2 atom stereocenters. The van der Waals surface area contributed by atoms with E-state index in [1.165, 1.54) is 37.9 Å². The van der Waals surface area contributed by atoms with Crippen LogP contribution in [0.25, 0.3) is 0 Å². The van der Waals surface area contributed by atoms with Crippen LogP contribution in [0, 0.1) is 0 Å².